The van der Waals surface area contributed by atoms with Gasteiger partial charge < -0.3 is 5.73 Å². The standard InChI is InChI=1S/C12H8F2INS/c13-7-1-3-11(9(14)5-7)17-12-4-2-8(15)6-10(12)16/h1-6H,16H2. The van der Waals surface area contributed by atoms with Gasteiger partial charge in [0.1, 0.15) is 11.6 Å². The van der Waals surface area contributed by atoms with E-state index in [-0.39, 0.29) is 0 Å². The monoisotopic (exact) mass is 363 g/mol. The molecule has 2 rings (SSSR count). The fraction of sp³-hybridized carbons (Fsp3) is 0. The van der Waals surface area contributed by atoms with E-state index in [0.717, 1.165) is 14.5 Å². The highest BCUT2D eigenvalue weighted by Crippen LogP contribution is 2.34. The molecule has 0 aromatic heterocycles. The summed E-state index contributed by atoms with van der Waals surface area (Å²) in [6.07, 6.45) is 0. The summed E-state index contributed by atoms with van der Waals surface area (Å²) in [5, 5.41) is 0. The van der Waals surface area contributed by atoms with E-state index in [1.165, 1.54) is 23.9 Å². The van der Waals surface area contributed by atoms with Crippen LogP contribution in [0.3, 0.4) is 0 Å². The van der Waals surface area contributed by atoms with Crippen LogP contribution in [0.1, 0.15) is 0 Å². The van der Waals surface area contributed by atoms with Gasteiger partial charge in [-0.25, -0.2) is 8.78 Å². The van der Waals surface area contributed by atoms with Crippen molar-refractivity contribution in [3.8, 4) is 0 Å². The van der Waals surface area contributed by atoms with Crippen molar-refractivity contribution in [3.63, 3.8) is 0 Å². The molecule has 0 heterocycles. The van der Waals surface area contributed by atoms with Crippen molar-refractivity contribution < 1.29 is 8.78 Å². The third kappa shape index (κ3) is 3.10. The Balaban J connectivity index is 2.31. The van der Waals surface area contributed by atoms with Gasteiger partial charge in [-0.3, -0.25) is 0 Å². The third-order valence-electron chi connectivity index (χ3n) is 2.09. The maximum absolute atomic E-state index is 13.4. The molecular formula is C12H8F2INS. The highest BCUT2D eigenvalue weighted by Gasteiger charge is 2.08. The molecular weight excluding hydrogens is 355 g/mol. The molecule has 2 N–H and O–H groups in total. The Hall–Kier alpha value is -0.820. The summed E-state index contributed by atoms with van der Waals surface area (Å²) in [6.45, 7) is 0. The summed E-state index contributed by atoms with van der Waals surface area (Å²) in [6, 6.07) is 9.03. The molecule has 1 nitrogen and oxygen atoms in total. The predicted molar refractivity (Wildman–Crippen MR) is 74.1 cm³/mol. The highest BCUT2D eigenvalue weighted by molar-refractivity contribution is 14.1. The third-order valence-corrected chi connectivity index (χ3v) is 3.90. The Morgan fingerprint density at radius 2 is 1.71 bits per heavy atom. The van der Waals surface area contributed by atoms with Crippen molar-refractivity contribution in [1.29, 1.82) is 0 Å². The van der Waals surface area contributed by atoms with Gasteiger partial charge in [0.25, 0.3) is 0 Å². The zero-order chi connectivity index (χ0) is 12.4. The number of nitrogens with two attached hydrogens (primary N) is 1. The summed E-state index contributed by atoms with van der Waals surface area (Å²) in [5.41, 5.74) is 6.42. The van der Waals surface area contributed by atoms with E-state index >= 15 is 0 Å². The van der Waals surface area contributed by atoms with Crippen LogP contribution in [0.5, 0.6) is 0 Å². The number of nitrogen functional groups attached to an aromatic ring is 1. The molecule has 17 heavy (non-hydrogen) atoms. The van der Waals surface area contributed by atoms with E-state index < -0.39 is 11.6 Å². The zero-order valence-corrected chi connectivity index (χ0v) is 11.6. The van der Waals surface area contributed by atoms with Gasteiger partial charge in [-0.2, -0.15) is 0 Å². The van der Waals surface area contributed by atoms with Gasteiger partial charge in [0.05, 0.1) is 0 Å². The molecule has 0 atom stereocenters. The Morgan fingerprint density at radius 1 is 1.00 bits per heavy atom. The lowest BCUT2D eigenvalue weighted by Gasteiger charge is -2.06. The minimum absolute atomic E-state index is 0.360. The molecule has 2 aromatic rings. The average Bonchev–Trinajstić information content (AvgIpc) is 2.25. The van der Waals surface area contributed by atoms with E-state index in [9.17, 15) is 8.78 Å². The number of benzene rings is 2. The molecule has 0 aliphatic rings. The fourth-order valence-corrected chi connectivity index (χ4v) is 2.65. The van der Waals surface area contributed by atoms with Crippen molar-refractivity contribution in [3.05, 3.63) is 51.6 Å². The molecule has 0 amide bonds. The number of hydrogen-bond donors (Lipinski definition) is 1. The first-order chi connectivity index (χ1) is 8.06. The van der Waals surface area contributed by atoms with Crippen LogP contribution in [-0.2, 0) is 0 Å². The number of anilines is 1. The van der Waals surface area contributed by atoms with Crippen LogP contribution < -0.4 is 5.73 Å². The molecule has 0 saturated heterocycles. The zero-order valence-electron chi connectivity index (χ0n) is 8.58. The quantitative estimate of drug-likeness (QED) is 0.636. The first-order valence-electron chi connectivity index (χ1n) is 4.74. The van der Waals surface area contributed by atoms with Crippen molar-refractivity contribution in [2.45, 2.75) is 9.79 Å². The second-order valence-corrected chi connectivity index (χ2v) is 5.69. The van der Waals surface area contributed by atoms with E-state index in [2.05, 4.69) is 22.6 Å². The van der Waals surface area contributed by atoms with E-state index in [1.54, 1.807) is 0 Å². The van der Waals surface area contributed by atoms with E-state index in [1.807, 2.05) is 18.2 Å². The van der Waals surface area contributed by atoms with Crippen molar-refractivity contribution in [2.75, 3.05) is 5.73 Å². The minimum Gasteiger partial charge on any atom is -0.398 e. The molecule has 0 aliphatic carbocycles. The lowest BCUT2D eigenvalue weighted by atomic mass is 10.3. The predicted octanol–water partition coefficient (Wildman–Crippen LogP) is 4.30. The van der Waals surface area contributed by atoms with Crippen molar-refractivity contribution in [1.82, 2.24) is 0 Å². The largest absolute Gasteiger partial charge is 0.398 e. The first-order valence-corrected chi connectivity index (χ1v) is 6.64. The number of hydrogen-bond acceptors (Lipinski definition) is 2. The van der Waals surface area contributed by atoms with Crippen LogP contribution in [-0.4, -0.2) is 0 Å². The summed E-state index contributed by atoms with van der Waals surface area (Å²) < 4.78 is 27.2. The van der Waals surface area contributed by atoms with Gasteiger partial charge in [0.2, 0.25) is 0 Å². The normalized spacial score (nSPS) is 10.5. The molecule has 5 heteroatoms. The molecule has 0 saturated carbocycles. The number of halogens is 3. The summed E-state index contributed by atoms with van der Waals surface area (Å²) in [4.78, 5) is 1.12. The molecule has 0 aliphatic heterocycles. The number of rotatable bonds is 2. The molecule has 0 spiro atoms. The lowest BCUT2D eigenvalue weighted by molar-refractivity contribution is 0.566. The Labute approximate surface area is 116 Å². The molecule has 0 radical (unpaired) electrons. The Kier molecular flexibility index (Phi) is 3.88. The molecule has 0 fully saturated rings. The Morgan fingerprint density at radius 3 is 2.35 bits per heavy atom. The Bertz CT molecular complexity index is 511. The van der Waals surface area contributed by atoms with E-state index in [4.69, 9.17) is 5.73 Å². The maximum atomic E-state index is 13.4. The first kappa shape index (κ1) is 12.6. The van der Waals surface area contributed by atoms with Crippen molar-refractivity contribution >= 4 is 40.0 Å². The van der Waals surface area contributed by atoms with Gasteiger partial charge in [0.15, 0.2) is 0 Å². The van der Waals surface area contributed by atoms with Gasteiger partial charge in [-0.1, -0.05) is 11.8 Å². The second kappa shape index (κ2) is 5.22. The van der Waals surface area contributed by atoms with Gasteiger partial charge in [-0.05, 0) is 52.9 Å². The SMILES string of the molecule is Nc1cc(I)ccc1Sc1ccc(F)cc1F. The van der Waals surface area contributed by atoms with Gasteiger partial charge >= 0.3 is 0 Å². The molecule has 88 valence electrons. The van der Waals surface area contributed by atoms with Crippen LogP contribution in [0.15, 0.2) is 46.2 Å². The smallest absolute Gasteiger partial charge is 0.140 e. The van der Waals surface area contributed by atoms with E-state index in [0.29, 0.717) is 10.6 Å². The molecule has 0 bridgehead atoms. The maximum Gasteiger partial charge on any atom is 0.140 e. The van der Waals surface area contributed by atoms with Crippen LogP contribution in [0.4, 0.5) is 14.5 Å². The second-order valence-electron chi connectivity index (χ2n) is 3.36. The fourth-order valence-electron chi connectivity index (χ4n) is 1.29. The summed E-state index contributed by atoms with van der Waals surface area (Å²) in [7, 11) is 0. The van der Waals surface area contributed by atoms with Crippen LogP contribution in [0.25, 0.3) is 0 Å². The highest BCUT2D eigenvalue weighted by atomic mass is 127. The van der Waals surface area contributed by atoms with Gasteiger partial charge in [-0.15, -0.1) is 0 Å². The lowest BCUT2D eigenvalue weighted by Crippen LogP contribution is -1.90. The average molecular weight is 363 g/mol. The summed E-state index contributed by atoms with van der Waals surface area (Å²) in [5.74, 6) is -1.16. The topological polar surface area (TPSA) is 26.0 Å². The molecule has 0 unspecified atom stereocenters. The minimum atomic E-state index is -0.581. The molecule has 2 aromatic carbocycles. The van der Waals surface area contributed by atoms with Crippen LogP contribution in [0.2, 0.25) is 0 Å². The van der Waals surface area contributed by atoms with Crippen LogP contribution >= 0.6 is 34.4 Å². The summed E-state index contributed by atoms with van der Waals surface area (Å²) >= 11 is 3.34. The van der Waals surface area contributed by atoms with Crippen molar-refractivity contribution in [2.24, 2.45) is 0 Å². The van der Waals surface area contributed by atoms with Gasteiger partial charge in [0, 0.05) is 25.1 Å². The van der Waals surface area contributed by atoms with Crippen LogP contribution in [0, 0.1) is 15.2 Å².